The highest BCUT2D eigenvalue weighted by Crippen LogP contribution is 2.23. The van der Waals surface area contributed by atoms with Gasteiger partial charge in [-0.15, -0.1) is 0 Å². The minimum atomic E-state index is -0.489. The molecule has 0 aliphatic heterocycles. The van der Waals surface area contributed by atoms with Gasteiger partial charge in [-0.25, -0.2) is 9.59 Å². The Bertz CT molecular complexity index is 1490. The molecule has 0 saturated carbocycles. The number of allylic oxidation sites excluding steroid dienone is 1. The van der Waals surface area contributed by atoms with Crippen LogP contribution >= 0.6 is 0 Å². The average Bonchev–Trinajstić information content (AvgIpc) is 3.21. The largest absolute Gasteiger partial charge is 0.496 e. The Morgan fingerprint density at radius 1 is 0.815 bits per heavy atom. The molecule has 0 fully saturated rings. The lowest BCUT2D eigenvalue weighted by atomic mass is 10.1. The van der Waals surface area contributed by atoms with Crippen LogP contribution in [0.2, 0.25) is 0 Å². The van der Waals surface area contributed by atoms with Crippen molar-refractivity contribution in [2.45, 2.75) is 45.6 Å². The third-order valence-corrected chi connectivity index (χ3v) is 6.89. The molecule has 294 valence electrons. The molecule has 0 aliphatic rings. The van der Waals surface area contributed by atoms with E-state index in [-0.39, 0.29) is 25.1 Å². The van der Waals surface area contributed by atoms with E-state index in [1.807, 2.05) is 19.1 Å². The second-order valence-electron chi connectivity index (χ2n) is 10.9. The van der Waals surface area contributed by atoms with Crippen LogP contribution in [0, 0.1) is 6.92 Å². The van der Waals surface area contributed by atoms with Crippen LogP contribution in [0.4, 0.5) is 0 Å². The van der Waals surface area contributed by atoms with Gasteiger partial charge in [0.15, 0.2) is 0 Å². The molecular formula is C42H54O12. The van der Waals surface area contributed by atoms with E-state index >= 15 is 0 Å². The first kappa shape index (κ1) is 48.6. The van der Waals surface area contributed by atoms with E-state index in [0.717, 1.165) is 49.5 Å². The third-order valence-electron chi connectivity index (χ3n) is 6.89. The number of rotatable bonds is 21. The molecule has 0 aromatic heterocycles. The van der Waals surface area contributed by atoms with Gasteiger partial charge in [-0.1, -0.05) is 32.2 Å². The summed E-state index contributed by atoms with van der Waals surface area (Å²) < 4.78 is 36.4. The highest BCUT2D eigenvalue weighted by atomic mass is 16.6. The van der Waals surface area contributed by atoms with Gasteiger partial charge < -0.3 is 38.0 Å². The van der Waals surface area contributed by atoms with Crippen LogP contribution < -0.4 is 14.2 Å². The monoisotopic (exact) mass is 750 g/mol. The van der Waals surface area contributed by atoms with Gasteiger partial charge in [0.25, 0.3) is 0 Å². The average molecular weight is 751 g/mol. The molecule has 3 aromatic carbocycles. The first-order valence-corrected chi connectivity index (χ1v) is 17.2. The molecule has 12 nitrogen and oxygen atoms in total. The van der Waals surface area contributed by atoms with Crippen molar-refractivity contribution in [3.63, 3.8) is 0 Å². The third kappa shape index (κ3) is 23.2. The van der Waals surface area contributed by atoms with Crippen LogP contribution in [0.1, 0.15) is 58.0 Å². The summed E-state index contributed by atoms with van der Waals surface area (Å²) in [6.07, 6.45) is 7.44. The standard InChI is InChI=1S/C17H18O3.C16H24O5.C6H8O3.C3H4O/c1-4-13-5-7-14(8-6-13)17(18)20-15-9-10-16(19-3)12(2)11-15;1-18-9-3-4-10-20-12-16(19-2)13-21-15-7-5-14(11-17)6-8-15;1-2-6(8)9-5-3-4-7;1-2-3-4/h5-11H,4H2,1-3H3;5-8,11,16H,3-4,9-10,12-13H2,1-2H3;2,4H,1,3,5H2;2-3H,1H2. The molecule has 0 amide bonds. The Morgan fingerprint density at radius 3 is 1.98 bits per heavy atom. The minimum absolute atomic E-state index is 0.113. The fourth-order valence-electron chi connectivity index (χ4n) is 3.90. The number of aryl methyl sites for hydroxylation is 2. The molecule has 0 saturated heterocycles. The van der Waals surface area contributed by atoms with Crippen molar-refractivity contribution in [3.8, 4) is 17.2 Å². The van der Waals surface area contributed by atoms with Crippen molar-refractivity contribution < 1.29 is 57.1 Å². The molecule has 0 N–H and O–H groups in total. The van der Waals surface area contributed by atoms with E-state index in [0.29, 0.717) is 55.0 Å². The second-order valence-corrected chi connectivity index (χ2v) is 10.9. The van der Waals surface area contributed by atoms with Crippen molar-refractivity contribution in [1.29, 1.82) is 0 Å². The van der Waals surface area contributed by atoms with Crippen LogP contribution in [-0.2, 0) is 39.8 Å². The predicted octanol–water partition coefficient (Wildman–Crippen LogP) is 6.80. The van der Waals surface area contributed by atoms with Crippen molar-refractivity contribution >= 4 is 30.8 Å². The number of benzene rings is 3. The fourth-order valence-corrected chi connectivity index (χ4v) is 3.90. The second kappa shape index (κ2) is 32.2. The number of esters is 2. The SMILES string of the molecule is C=CC(=O)OCCC=O.C=CC=O.CCc1ccc(C(=O)Oc2ccc(OC)c(C)c2)cc1.COCCCCOCC(COc1ccc(C=O)cc1)OC. The molecule has 0 heterocycles. The van der Waals surface area contributed by atoms with Crippen molar-refractivity contribution in [1.82, 2.24) is 0 Å². The van der Waals surface area contributed by atoms with Gasteiger partial charge in [0.05, 0.1) is 25.9 Å². The van der Waals surface area contributed by atoms with E-state index in [4.69, 9.17) is 33.2 Å². The lowest BCUT2D eigenvalue weighted by Crippen LogP contribution is -2.26. The van der Waals surface area contributed by atoms with E-state index in [1.54, 1.807) is 75.9 Å². The first-order chi connectivity index (χ1) is 26.2. The maximum Gasteiger partial charge on any atom is 0.343 e. The Kier molecular flexibility index (Phi) is 29.0. The van der Waals surface area contributed by atoms with Gasteiger partial charge in [-0.05, 0) is 98.0 Å². The molecule has 54 heavy (non-hydrogen) atoms. The molecule has 0 bridgehead atoms. The minimum Gasteiger partial charge on any atom is -0.496 e. The molecule has 1 unspecified atom stereocenters. The number of ether oxygens (including phenoxy) is 7. The zero-order valence-electron chi connectivity index (χ0n) is 32.0. The Balaban J connectivity index is 0.000000791. The van der Waals surface area contributed by atoms with Gasteiger partial charge in [-0.2, -0.15) is 0 Å². The maximum atomic E-state index is 12.0. The summed E-state index contributed by atoms with van der Waals surface area (Å²) >= 11 is 0. The number of aldehydes is 3. The first-order valence-electron chi connectivity index (χ1n) is 17.2. The number of hydrogen-bond donors (Lipinski definition) is 0. The number of carbonyl (C=O) groups excluding carboxylic acids is 5. The highest BCUT2D eigenvalue weighted by Gasteiger charge is 2.10. The number of methoxy groups -OCH3 is 3. The summed E-state index contributed by atoms with van der Waals surface area (Å²) in [5.41, 5.74) is 3.31. The summed E-state index contributed by atoms with van der Waals surface area (Å²) in [4.78, 5) is 51.5. The molecule has 3 rings (SSSR count). The summed E-state index contributed by atoms with van der Waals surface area (Å²) in [6.45, 7) is 12.8. The fraction of sp³-hybridized carbons (Fsp3) is 0.357. The number of unbranched alkanes of at least 4 members (excludes halogenated alkanes) is 1. The summed E-state index contributed by atoms with van der Waals surface area (Å²) in [5, 5.41) is 0. The molecule has 1 atom stereocenters. The van der Waals surface area contributed by atoms with Crippen LogP contribution in [0.25, 0.3) is 0 Å². The Labute approximate surface area is 319 Å². The molecule has 3 aromatic rings. The number of hydrogen-bond acceptors (Lipinski definition) is 12. The molecular weight excluding hydrogens is 696 g/mol. The summed E-state index contributed by atoms with van der Waals surface area (Å²) in [7, 11) is 4.95. The molecule has 0 spiro atoms. The smallest absolute Gasteiger partial charge is 0.343 e. The van der Waals surface area contributed by atoms with Crippen LogP contribution in [0.3, 0.4) is 0 Å². The highest BCUT2D eigenvalue weighted by molar-refractivity contribution is 5.91. The zero-order valence-corrected chi connectivity index (χ0v) is 32.0. The van der Waals surface area contributed by atoms with Crippen molar-refractivity contribution in [2.24, 2.45) is 0 Å². The molecule has 0 radical (unpaired) electrons. The predicted molar refractivity (Wildman–Crippen MR) is 207 cm³/mol. The maximum absolute atomic E-state index is 12.0. The van der Waals surface area contributed by atoms with E-state index in [9.17, 15) is 19.2 Å². The quantitative estimate of drug-likeness (QED) is 0.0371. The van der Waals surface area contributed by atoms with E-state index < -0.39 is 5.97 Å². The van der Waals surface area contributed by atoms with Crippen molar-refractivity contribution in [3.05, 3.63) is 114 Å². The topological polar surface area (TPSA) is 150 Å². The van der Waals surface area contributed by atoms with Gasteiger partial charge in [0, 0.05) is 45.5 Å². The summed E-state index contributed by atoms with van der Waals surface area (Å²) in [6, 6.07) is 19.7. The Morgan fingerprint density at radius 2 is 1.46 bits per heavy atom. The van der Waals surface area contributed by atoms with Crippen LogP contribution in [-0.4, -0.2) is 91.3 Å². The van der Waals surface area contributed by atoms with Crippen LogP contribution in [0.5, 0.6) is 17.2 Å². The van der Waals surface area contributed by atoms with Crippen LogP contribution in [0.15, 0.2) is 92.0 Å². The van der Waals surface area contributed by atoms with E-state index in [2.05, 4.69) is 24.8 Å². The molecule has 12 heteroatoms. The lowest BCUT2D eigenvalue weighted by Gasteiger charge is -2.16. The molecule has 0 aliphatic carbocycles. The lowest BCUT2D eigenvalue weighted by molar-refractivity contribution is -0.138. The van der Waals surface area contributed by atoms with E-state index in [1.165, 1.54) is 11.6 Å². The summed E-state index contributed by atoms with van der Waals surface area (Å²) in [5.74, 6) is 1.17. The Hall–Kier alpha value is -5.43. The zero-order chi connectivity index (χ0) is 40.4. The van der Waals surface area contributed by atoms with Gasteiger partial charge in [0.2, 0.25) is 0 Å². The normalized spacial score (nSPS) is 10.2. The van der Waals surface area contributed by atoms with Crippen molar-refractivity contribution in [2.75, 3.05) is 54.4 Å². The van der Waals surface area contributed by atoms with Gasteiger partial charge in [-0.3, -0.25) is 9.59 Å². The van der Waals surface area contributed by atoms with Gasteiger partial charge >= 0.3 is 11.9 Å². The van der Waals surface area contributed by atoms with Gasteiger partial charge in [0.1, 0.15) is 48.8 Å². The number of carbonyl (C=O) groups is 5.